The Hall–Kier alpha value is -0.0400. The third-order valence-corrected chi connectivity index (χ3v) is 3.00. The fraction of sp³-hybridized carbons (Fsp3) is 1.00. The standard InChI is InChI=1S/C10H21N/c1-8-6-7-11(9(8)2)10(3,4)5/h8-9H,6-7H2,1-5H3/t8-,9-/m1/s1. The average molecular weight is 155 g/mol. The highest BCUT2D eigenvalue weighted by Crippen LogP contribution is 2.29. The molecule has 0 N–H and O–H groups in total. The monoisotopic (exact) mass is 155 g/mol. The van der Waals surface area contributed by atoms with E-state index >= 15 is 0 Å². The Kier molecular flexibility index (Phi) is 2.29. The molecule has 1 rings (SSSR count). The fourth-order valence-electron chi connectivity index (χ4n) is 2.04. The van der Waals surface area contributed by atoms with Crippen molar-refractivity contribution in [1.82, 2.24) is 4.90 Å². The Labute approximate surface area is 70.8 Å². The maximum atomic E-state index is 2.61. The van der Waals surface area contributed by atoms with E-state index in [-0.39, 0.29) is 0 Å². The molecule has 0 amide bonds. The second-order valence-electron chi connectivity index (χ2n) is 4.87. The van der Waals surface area contributed by atoms with E-state index in [0.29, 0.717) is 5.54 Å². The van der Waals surface area contributed by atoms with E-state index in [1.165, 1.54) is 13.0 Å². The maximum absolute atomic E-state index is 2.61. The minimum Gasteiger partial charge on any atom is -0.296 e. The fourth-order valence-corrected chi connectivity index (χ4v) is 2.04. The van der Waals surface area contributed by atoms with Gasteiger partial charge in [-0.1, -0.05) is 6.92 Å². The Bertz CT molecular complexity index is 134. The molecule has 0 radical (unpaired) electrons. The van der Waals surface area contributed by atoms with Crippen molar-refractivity contribution in [3.8, 4) is 0 Å². The van der Waals surface area contributed by atoms with Gasteiger partial charge in [0.25, 0.3) is 0 Å². The number of likely N-dealkylation sites (tertiary alicyclic amines) is 1. The highest BCUT2D eigenvalue weighted by molar-refractivity contribution is 4.88. The second kappa shape index (κ2) is 2.78. The van der Waals surface area contributed by atoms with Crippen molar-refractivity contribution < 1.29 is 0 Å². The molecule has 1 nitrogen and oxygen atoms in total. The first-order valence-corrected chi connectivity index (χ1v) is 4.69. The van der Waals surface area contributed by atoms with E-state index < -0.39 is 0 Å². The quantitative estimate of drug-likeness (QED) is 0.519. The first-order valence-electron chi connectivity index (χ1n) is 4.69. The van der Waals surface area contributed by atoms with Crippen molar-refractivity contribution in [2.45, 2.75) is 52.6 Å². The number of nitrogens with zero attached hydrogens (tertiary/aromatic N) is 1. The second-order valence-corrected chi connectivity index (χ2v) is 4.87. The summed E-state index contributed by atoms with van der Waals surface area (Å²) in [6.45, 7) is 12.9. The van der Waals surface area contributed by atoms with Crippen LogP contribution in [-0.2, 0) is 0 Å². The van der Waals surface area contributed by atoms with E-state index in [4.69, 9.17) is 0 Å². The third kappa shape index (κ3) is 1.76. The molecule has 0 bridgehead atoms. The van der Waals surface area contributed by atoms with Crippen LogP contribution >= 0.6 is 0 Å². The van der Waals surface area contributed by atoms with Gasteiger partial charge in [-0.15, -0.1) is 0 Å². The van der Waals surface area contributed by atoms with Crippen LogP contribution in [0.15, 0.2) is 0 Å². The molecule has 0 aromatic heterocycles. The van der Waals surface area contributed by atoms with Crippen molar-refractivity contribution in [3.63, 3.8) is 0 Å². The summed E-state index contributed by atoms with van der Waals surface area (Å²) in [4.78, 5) is 2.61. The van der Waals surface area contributed by atoms with Crippen molar-refractivity contribution in [2.24, 2.45) is 5.92 Å². The van der Waals surface area contributed by atoms with E-state index in [2.05, 4.69) is 39.5 Å². The molecular weight excluding hydrogens is 134 g/mol. The summed E-state index contributed by atoms with van der Waals surface area (Å²) < 4.78 is 0. The largest absolute Gasteiger partial charge is 0.296 e. The van der Waals surface area contributed by atoms with Crippen molar-refractivity contribution >= 4 is 0 Å². The molecule has 0 spiro atoms. The summed E-state index contributed by atoms with van der Waals surface area (Å²) in [5, 5.41) is 0. The summed E-state index contributed by atoms with van der Waals surface area (Å²) in [6, 6.07) is 0.773. The average Bonchev–Trinajstić information content (AvgIpc) is 2.11. The molecule has 0 saturated carbocycles. The Balaban J connectivity index is 2.62. The lowest BCUT2D eigenvalue weighted by atomic mass is 10.0. The van der Waals surface area contributed by atoms with E-state index in [0.717, 1.165) is 12.0 Å². The highest BCUT2D eigenvalue weighted by Gasteiger charge is 2.34. The molecule has 1 saturated heterocycles. The Morgan fingerprint density at radius 2 is 1.73 bits per heavy atom. The van der Waals surface area contributed by atoms with E-state index in [9.17, 15) is 0 Å². The lowest BCUT2D eigenvalue weighted by Gasteiger charge is -2.36. The van der Waals surface area contributed by atoms with Gasteiger partial charge in [-0.2, -0.15) is 0 Å². The molecule has 0 unspecified atom stereocenters. The number of hydrogen-bond donors (Lipinski definition) is 0. The number of hydrogen-bond acceptors (Lipinski definition) is 1. The molecule has 11 heavy (non-hydrogen) atoms. The minimum atomic E-state index is 0.365. The number of rotatable bonds is 0. The van der Waals surface area contributed by atoms with E-state index in [1.807, 2.05) is 0 Å². The lowest BCUT2D eigenvalue weighted by Crippen LogP contribution is -2.44. The summed E-state index contributed by atoms with van der Waals surface area (Å²) in [6.07, 6.45) is 1.37. The third-order valence-electron chi connectivity index (χ3n) is 3.00. The van der Waals surface area contributed by atoms with Crippen LogP contribution in [0.3, 0.4) is 0 Å². The van der Waals surface area contributed by atoms with Gasteiger partial charge in [-0.3, -0.25) is 4.90 Å². The van der Waals surface area contributed by atoms with Gasteiger partial charge in [0.05, 0.1) is 0 Å². The van der Waals surface area contributed by atoms with Gasteiger partial charge in [0.2, 0.25) is 0 Å². The van der Waals surface area contributed by atoms with Crippen LogP contribution in [0.1, 0.15) is 41.0 Å². The van der Waals surface area contributed by atoms with Gasteiger partial charge < -0.3 is 0 Å². The summed E-state index contributed by atoms with van der Waals surface area (Å²) in [5.41, 5.74) is 0.365. The van der Waals surface area contributed by atoms with Gasteiger partial charge >= 0.3 is 0 Å². The first kappa shape index (κ1) is 9.05. The van der Waals surface area contributed by atoms with Gasteiger partial charge in [-0.05, 0) is 46.6 Å². The molecule has 1 aliphatic rings. The van der Waals surface area contributed by atoms with Crippen LogP contribution in [0.25, 0.3) is 0 Å². The zero-order chi connectivity index (χ0) is 8.65. The highest BCUT2D eigenvalue weighted by atomic mass is 15.2. The predicted octanol–water partition coefficient (Wildman–Crippen LogP) is 2.52. The van der Waals surface area contributed by atoms with Crippen LogP contribution in [0.5, 0.6) is 0 Å². The van der Waals surface area contributed by atoms with Crippen LogP contribution in [0, 0.1) is 5.92 Å². The molecule has 1 fully saturated rings. The molecular formula is C10H21N. The molecule has 1 aliphatic heterocycles. The lowest BCUT2D eigenvalue weighted by molar-refractivity contribution is 0.120. The van der Waals surface area contributed by atoms with Crippen molar-refractivity contribution in [2.75, 3.05) is 6.54 Å². The zero-order valence-corrected chi connectivity index (χ0v) is 8.52. The van der Waals surface area contributed by atoms with Crippen LogP contribution in [0.4, 0.5) is 0 Å². The van der Waals surface area contributed by atoms with Crippen LogP contribution < -0.4 is 0 Å². The normalized spacial score (nSPS) is 34.6. The topological polar surface area (TPSA) is 3.24 Å². The maximum Gasteiger partial charge on any atom is 0.0127 e. The molecule has 0 aliphatic carbocycles. The summed E-state index contributed by atoms with van der Waals surface area (Å²) >= 11 is 0. The van der Waals surface area contributed by atoms with Crippen LogP contribution in [-0.4, -0.2) is 23.0 Å². The molecule has 1 heterocycles. The van der Waals surface area contributed by atoms with Crippen molar-refractivity contribution in [3.05, 3.63) is 0 Å². The molecule has 1 heteroatoms. The summed E-state index contributed by atoms with van der Waals surface area (Å²) in [5.74, 6) is 0.884. The molecule has 2 atom stereocenters. The van der Waals surface area contributed by atoms with Crippen molar-refractivity contribution in [1.29, 1.82) is 0 Å². The molecule has 66 valence electrons. The van der Waals surface area contributed by atoms with Crippen LogP contribution in [0.2, 0.25) is 0 Å². The van der Waals surface area contributed by atoms with Gasteiger partial charge in [-0.25, -0.2) is 0 Å². The zero-order valence-electron chi connectivity index (χ0n) is 8.52. The van der Waals surface area contributed by atoms with Gasteiger partial charge in [0.1, 0.15) is 0 Å². The summed E-state index contributed by atoms with van der Waals surface area (Å²) in [7, 11) is 0. The molecule has 0 aromatic rings. The minimum absolute atomic E-state index is 0.365. The van der Waals surface area contributed by atoms with E-state index in [1.54, 1.807) is 0 Å². The van der Waals surface area contributed by atoms with Gasteiger partial charge in [0, 0.05) is 11.6 Å². The first-order chi connectivity index (χ1) is 4.93. The smallest absolute Gasteiger partial charge is 0.0127 e. The SMILES string of the molecule is C[C@@H]1CCN(C(C)(C)C)[C@@H]1C. The Morgan fingerprint density at radius 1 is 1.18 bits per heavy atom. The van der Waals surface area contributed by atoms with Gasteiger partial charge in [0.15, 0.2) is 0 Å². The molecule has 0 aromatic carbocycles. The predicted molar refractivity (Wildman–Crippen MR) is 49.7 cm³/mol. The Morgan fingerprint density at radius 3 is 1.91 bits per heavy atom.